The number of carbonyl (C=O) groups excluding carboxylic acids is 1. The molecule has 2 aromatic carbocycles. The number of para-hydroxylation sites is 2. The van der Waals surface area contributed by atoms with Crippen molar-refractivity contribution < 1.29 is 14.5 Å². The van der Waals surface area contributed by atoms with Crippen molar-refractivity contribution in [1.82, 2.24) is 0 Å². The van der Waals surface area contributed by atoms with E-state index >= 15 is 0 Å². The summed E-state index contributed by atoms with van der Waals surface area (Å²) in [5, 5.41) is 22.7. The number of nitrogens with zero attached hydrogens (tertiary/aromatic N) is 2. The molecule has 0 spiro atoms. The van der Waals surface area contributed by atoms with E-state index in [0.29, 0.717) is 24.2 Å². The molecule has 25 heavy (non-hydrogen) atoms. The molecule has 7 nitrogen and oxygen atoms in total. The van der Waals surface area contributed by atoms with Crippen molar-refractivity contribution in [3.8, 4) is 6.07 Å². The van der Waals surface area contributed by atoms with Gasteiger partial charge in [0, 0.05) is 19.0 Å². The normalized spacial score (nSPS) is 9.88. The molecular formula is C18H17N3O4. The van der Waals surface area contributed by atoms with Gasteiger partial charge in [0.15, 0.2) is 0 Å². The highest BCUT2D eigenvalue weighted by Gasteiger charge is 2.11. The summed E-state index contributed by atoms with van der Waals surface area (Å²) in [5.74, 6) is -0.355. The Bertz CT molecular complexity index is 799. The van der Waals surface area contributed by atoms with Gasteiger partial charge in [-0.3, -0.25) is 14.9 Å². The van der Waals surface area contributed by atoms with Crippen LogP contribution in [0, 0.1) is 21.4 Å². The number of nitro groups is 1. The van der Waals surface area contributed by atoms with E-state index in [0.717, 1.165) is 5.56 Å². The third kappa shape index (κ3) is 5.62. The molecule has 2 aromatic rings. The number of carbonyl (C=O) groups is 1. The minimum atomic E-state index is -0.452. The first-order valence-electron chi connectivity index (χ1n) is 7.72. The van der Waals surface area contributed by atoms with E-state index in [1.165, 1.54) is 6.07 Å². The summed E-state index contributed by atoms with van der Waals surface area (Å²) in [7, 11) is 0. The number of ether oxygens (including phenoxy) is 1. The van der Waals surface area contributed by atoms with E-state index in [2.05, 4.69) is 5.32 Å². The third-order valence-electron chi connectivity index (χ3n) is 3.43. The third-order valence-corrected chi connectivity index (χ3v) is 3.43. The average molecular weight is 339 g/mol. The first-order chi connectivity index (χ1) is 12.1. The molecule has 0 aliphatic carbocycles. The molecule has 0 atom stereocenters. The van der Waals surface area contributed by atoms with Crippen molar-refractivity contribution in [2.24, 2.45) is 0 Å². The predicted octanol–water partition coefficient (Wildman–Crippen LogP) is 3.40. The van der Waals surface area contributed by atoms with Gasteiger partial charge in [0.2, 0.25) is 0 Å². The molecule has 7 heteroatoms. The van der Waals surface area contributed by atoms with Gasteiger partial charge < -0.3 is 10.1 Å². The minimum absolute atomic E-state index is 0.00227. The minimum Gasteiger partial charge on any atom is -0.461 e. The summed E-state index contributed by atoms with van der Waals surface area (Å²) in [6.07, 6.45) is 0.689. The van der Waals surface area contributed by atoms with Crippen LogP contribution in [0.3, 0.4) is 0 Å². The van der Waals surface area contributed by atoms with Gasteiger partial charge >= 0.3 is 5.97 Å². The number of hydrogen-bond acceptors (Lipinski definition) is 6. The molecule has 0 heterocycles. The van der Waals surface area contributed by atoms with Gasteiger partial charge in [0.25, 0.3) is 5.69 Å². The maximum absolute atomic E-state index is 11.7. The van der Waals surface area contributed by atoms with Crippen molar-refractivity contribution in [2.45, 2.75) is 19.4 Å². The van der Waals surface area contributed by atoms with Crippen molar-refractivity contribution in [3.63, 3.8) is 0 Å². The maximum atomic E-state index is 11.7. The monoisotopic (exact) mass is 339 g/mol. The second-order valence-corrected chi connectivity index (χ2v) is 5.28. The van der Waals surface area contributed by atoms with Crippen LogP contribution in [-0.4, -0.2) is 17.4 Å². The van der Waals surface area contributed by atoms with Crippen LogP contribution in [0.4, 0.5) is 11.4 Å². The number of nitrogens with one attached hydrogen (secondary N) is 1. The number of hydrogen-bond donors (Lipinski definition) is 1. The molecule has 0 aliphatic rings. The second kappa shape index (κ2) is 9.03. The molecule has 0 saturated carbocycles. The van der Waals surface area contributed by atoms with Crippen LogP contribution in [-0.2, 0) is 16.1 Å². The predicted molar refractivity (Wildman–Crippen MR) is 91.8 cm³/mol. The summed E-state index contributed by atoms with van der Waals surface area (Å²) in [4.78, 5) is 22.2. The number of nitro benzene ring substituents is 1. The molecule has 0 radical (unpaired) electrons. The zero-order valence-electron chi connectivity index (χ0n) is 13.5. The average Bonchev–Trinajstić information content (AvgIpc) is 2.64. The van der Waals surface area contributed by atoms with Crippen LogP contribution in [0.5, 0.6) is 0 Å². The quantitative estimate of drug-likeness (QED) is 0.342. The number of benzene rings is 2. The second-order valence-electron chi connectivity index (χ2n) is 5.28. The van der Waals surface area contributed by atoms with E-state index in [-0.39, 0.29) is 24.7 Å². The summed E-state index contributed by atoms with van der Waals surface area (Å²) < 4.78 is 5.16. The van der Waals surface area contributed by atoms with Crippen LogP contribution in [0.1, 0.15) is 24.0 Å². The number of esters is 1. The van der Waals surface area contributed by atoms with Gasteiger partial charge in [-0.05, 0) is 30.2 Å². The Kier molecular flexibility index (Phi) is 6.48. The maximum Gasteiger partial charge on any atom is 0.306 e. The largest absolute Gasteiger partial charge is 0.461 e. The summed E-state index contributed by atoms with van der Waals surface area (Å²) in [6, 6.07) is 15.2. The number of rotatable bonds is 8. The van der Waals surface area contributed by atoms with E-state index in [1.807, 2.05) is 6.07 Å². The van der Waals surface area contributed by atoms with Crippen LogP contribution in [0.25, 0.3) is 0 Å². The zero-order valence-corrected chi connectivity index (χ0v) is 13.5. The first kappa shape index (κ1) is 17.9. The fraction of sp³-hybridized carbons (Fsp3) is 0.222. The van der Waals surface area contributed by atoms with Crippen molar-refractivity contribution >= 4 is 17.3 Å². The molecule has 0 saturated heterocycles. The molecule has 0 bridgehead atoms. The molecule has 1 N–H and O–H groups in total. The Morgan fingerprint density at radius 2 is 2.04 bits per heavy atom. The van der Waals surface area contributed by atoms with Gasteiger partial charge in [-0.1, -0.05) is 24.3 Å². The zero-order chi connectivity index (χ0) is 18.1. The highest BCUT2D eigenvalue weighted by atomic mass is 16.6. The van der Waals surface area contributed by atoms with E-state index in [1.54, 1.807) is 42.5 Å². The van der Waals surface area contributed by atoms with Gasteiger partial charge in [-0.25, -0.2) is 0 Å². The lowest BCUT2D eigenvalue weighted by Crippen LogP contribution is -2.09. The van der Waals surface area contributed by atoms with Crippen LogP contribution in [0.2, 0.25) is 0 Å². The number of nitriles is 1. The van der Waals surface area contributed by atoms with E-state index in [4.69, 9.17) is 10.00 Å². The molecule has 0 amide bonds. The molecule has 0 fully saturated rings. The molecular weight excluding hydrogens is 322 g/mol. The highest BCUT2D eigenvalue weighted by Crippen LogP contribution is 2.22. The van der Waals surface area contributed by atoms with Crippen molar-refractivity contribution in [1.29, 1.82) is 5.26 Å². The summed E-state index contributed by atoms with van der Waals surface area (Å²) in [5.41, 5.74) is 1.70. The molecule has 0 unspecified atom stereocenters. The van der Waals surface area contributed by atoms with Gasteiger partial charge in [-0.2, -0.15) is 5.26 Å². The lowest BCUT2D eigenvalue weighted by atomic mass is 10.1. The van der Waals surface area contributed by atoms with Crippen LogP contribution in [0.15, 0.2) is 48.5 Å². The molecule has 2 rings (SSSR count). The van der Waals surface area contributed by atoms with Crippen LogP contribution >= 0.6 is 0 Å². The molecule has 0 aliphatic heterocycles. The number of anilines is 1. The fourth-order valence-corrected chi connectivity index (χ4v) is 2.20. The van der Waals surface area contributed by atoms with Gasteiger partial charge in [0.1, 0.15) is 12.3 Å². The smallest absolute Gasteiger partial charge is 0.306 e. The molecule has 128 valence electrons. The fourth-order valence-electron chi connectivity index (χ4n) is 2.20. The standard InChI is InChI=1S/C18H17N3O4/c19-12-14-5-3-6-15(11-14)13-25-18(22)9-4-10-20-16-7-1-2-8-17(16)21(23)24/h1-3,5-8,11,20H,4,9-10,13H2. The SMILES string of the molecule is N#Cc1cccc(COC(=O)CCCNc2ccccc2[N+](=O)[O-])c1. The van der Waals surface area contributed by atoms with E-state index in [9.17, 15) is 14.9 Å². The Hall–Kier alpha value is -3.40. The summed E-state index contributed by atoms with van der Waals surface area (Å²) >= 11 is 0. The van der Waals surface area contributed by atoms with Crippen molar-refractivity contribution in [3.05, 3.63) is 69.8 Å². The topological polar surface area (TPSA) is 105 Å². The Morgan fingerprint density at radius 1 is 1.24 bits per heavy atom. The Labute approximate surface area is 145 Å². The highest BCUT2D eigenvalue weighted by molar-refractivity contribution is 5.69. The Morgan fingerprint density at radius 3 is 2.80 bits per heavy atom. The van der Waals surface area contributed by atoms with Crippen LogP contribution < -0.4 is 5.32 Å². The summed E-state index contributed by atoms with van der Waals surface area (Å²) in [6.45, 7) is 0.538. The first-order valence-corrected chi connectivity index (χ1v) is 7.72. The Balaban J connectivity index is 1.72. The van der Waals surface area contributed by atoms with Gasteiger partial charge in [-0.15, -0.1) is 0 Å². The lowest BCUT2D eigenvalue weighted by molar-refractivity contribution is -0.384. The van der Waals surface area contributed by atoms with Crippen molar-refractivity contribution in [2.75, 3.05) is 11.9 Å². The lowest BCUT2D eigenvalue weighted by Gasteiger charge is -2.07. The molecule has 0 aromatic heterocycles. The van der Waals surface area contributed by atoms with Gasteiger partial charge in [0.05, 0.1) is 16.6 Å². The van der Waals surface area contributed by atoms with E-state index < -0.39 is 4.92 Å².